The number of thiophene rings is 1. The van der Waals surface area contributed by atoms with E-state index in [1.807, 2.05) is 0 Å². The average Bonchev–Trinajstić information content (AvgIpc) is 3.52. The Morgan fingerprint density at radius 3 is 2.30 bits per heavy atom. The molecule has 2 aromatic carbocycles. The average molecular weight is 629 g/mol. The number of allylic oxidation sites excluding steroid dienone is 2. The summed E-state index contributed by atoms with van der Waals surface area (Å²) >= 11 is 1.29. The summed E-state index contributed by atoms with van der Waals surface area (Å²) in [5.74, 6) is -6.91. The minimum absolute atomic E-state index is 0.0148. The number of carbonyl (C=O) groups is 3. The van der Waals surface area contributed by atoms with E-state index < -0.39 is 58.7 Å². The van der Waals surface area contributed by atoms with E-state index in [9.17, 15) is 31.9 Å². The third-order valence-electron chi connectivity index (χ3n) is 7.64. The predicted molar refractivity (Wildman–Crippen MR) is 155 cm³/mol. The lowest BCUT2D eigenvalue weighted by atomic mass is 9.68. The van der Waals surface area contributed by atoms with Gasteiger partial charge in [0.1, 0.15) is 17.6 Å². The fourth-order valence-electron chi connectivity index (χ4n) is 5.88. The zero-order valence-electron chi connectivity index (χ0n) is 23.7. The van der Waals surface area contributed by atoms with Crippen LogP contribution in [0.25, 0.3) is 0 Å². The largest absolute Gasteiger partial charge is 0.465 e. The monoisotopic (exact) mass is 628 g/mol. The molecular formula is C32H28F4N2O5S. The molecule has 1 aromatic heterocycles. The van der Waals surface area contributed by atoms with Crippen molar-refractivity contribution in [2.45, 2.75) is 38.3 Å². The maximum absolute atomic E-state index is 14.6. The Hall–Kier alpha value is -4.45. The summed E-state index contributed by atoms with van der Waals surface area (Å²) < 4.78 is 67.8. The number of nitrogens with two attached hydrogens (primary N) is 1. The van der Waals surface area contributed by atoms with E-state index in [4.69, 9.17) is 15.2 Å². The van der Waals surface area contributed by atoms with Crippen LogP contribution in [-0.2, 0) is 30.0 Å². The highest BCUT2D eigenvalue weighted by Gasteiger charge is 2.52. The summed E-state index contributed by atoms with van der Waals surface area (Å²) in [4.78, 5) is 43.3. The molecule has 0 saturated heterocycles. The second kappa shape index (κ2) is 12.3. The van der Waals surface area contributed by atoms with Crippen molar-refractivity contribution in [2.75, 3.05) is 18.1 Å². The first-order valence-corrected chi connectivity index (χ1v) is 14.7. The number of Topliss-reactive ketones (excluding diaryl/α,β-unsaturated/α-hetero) is 1. The van der Waals surface area contributed by atoms with Gasteiger partial charge in [-0.05, 0) is 61.5 Å². The van der Waals surface area contributed by atoms with Gasteiger partial charge < -0.3 is 15.2 Å². The van der Waals surface area contributed by atoms with E-state index in [2.05, 4.69) is 0 Å². The van der Waals surface area contributed by atoms with Crippen molar-refractivity contribution in [3.8, 4) is 0 Å². The minimum Gasteiger partial charge on any atom is -0.465 e. The molecule has 5 rings (SSSR count). The Morgan fingerprint density at radius 2 is 1.68 bits per heavy atom. The van der Waals surface area contributed by atoms with Crippen molar-refractivity contribution >= 4 is 34.7 Å². The molecule has 3 atom stereocenters. The summed E-state index contributed by atoms with van der Waals surface area (Å²) in [7, 11) is 0. The number of hydrogen-bond donors (Lipinski definition) is 1. The first kappa shape index (κ1) is 31.0. The highest BCUT2D eigenvalue weighted by molar-refractivity contribution is 7.10. The van der Waals surface area contributed by atoms with Crippen LogP contribution in [0.3, 0.4) is 0 Å². The molecule has 0 saturated carbocycles. The van der Waals surface area contributed by atoms with Gasteiger partial charge in [-0.3, -0.25) is 14.5 Å². The van der Waals surface area contributed by atoms with E-state index in [0.717, 1.165) is 23.1 Å². The molecule has 7 nitrogen and oxygen atoms in total. The zero-order valence-corrected chi connectivity index (χ0v) is 24.5. The van der Waals surface area contributed by atoms with Gasteiger partial charge in [-0.25, -0.2) is 9.18 Å². The fourth-order valence-corrected chi connectivity index (χ4v) is 6.75. The molecule has 2 aliphatic rings. The smallest absolute Gasteiger partial charge is 0.418 e. The molecule has 1 aliphatic heterocycles. The molecule has 0 amide bonds. The van der Waals surface area contributed by atoms with Gasteiger partial charge in [0, 0.05) is 22.1 Å². The number of alkyl halides is 3. The van der Waals surface area contributed by atoms with Crippen LogP contribution >= 0.6 is 11.3 Å². The van der Waals surface area contributed by atoms with Crippen LogP contribution in [0.5, 0.6) is 0 Å². The van der Waals surface area contributed by atoms with E-state index in [1.165, 1.54) is 41.7 Å². The lowest BCUT2D eigenvalue weighted by Gasteiger charge is -2.44. The highest BCUT2D eigenvalue weighted by atomic mass is 32.1. The van der Waals surface area contributed by atoms with Crippen LogP contribution in [0, 0.1) is 11.7 Å². The van der Waals surface area contributed by atoms with Crippen molar-refractivity contribution in [3.63, 3.8) is 0 Å². The number of anilines is 1. The van der Waals surface area contributed by atoms with Crippen LogP contribution < -0.4 is 10.6 Å². The van der Waals surface area contributed by atoms with Gasteiger partial charge in [0.15, 0.2) is 5.78 Å². The molecule has 0 unspecified atom stereocenters. The molecule has 0 spiro atoms. The fraction of sp³-hybridized carbons (Fsp3) is 0.281. The number of para-hydroxylation sites is 1. The Balaban J connectivity index is 1.86. The van der Waals surface area contributed by atoms with E-state index in [1.54, 1.807) is 31.4 Å². The molecule has 0 fully saturated rings. The van der Waals surface area contributed by atoms with Gasteiger partial charge in [0.25, 0.3) is 0 Å². The van der Waals surface area contributed by atoms with Gasteiger partial charge in [0.05, 0.1) is 36.0 Å². The van der Waals surface area contributed by atoms with Crippen LogP contribution in [0.15, 0.2) is 88.7 Å². The zero-order chi connectivity index (χ0) is 31.8. The predicted octanol–water partition coefficient (Wildman–Crippen LogP) is 6.43. The number of ketones is 1. The number of carbonyl (C=O) groups excluding carboxylic acids is 3. The minimum atomic E-state index is -4.82. The molecule has 0 radical (unpaired) electrons. The maximum Gasteiger partial charge on any atom is 0.418 e. The number of esters is 2. The first-order valence-electron chi connectivity index (χ1n) is 13.8. The molecule has 44 heavy (non-hydrogen) atoms. The van der Waals surface area contributed by atoms with E-state index in [0.29, 0.717) is 4.88 Å². The summed E-state index contributed by atoms with van der Waals surface area (Å²) in [5.41, 5.74) is 5.12. The topological polar surface area (TPSA) is 98.9 Å². The number of rotatable bonds is 7. The van der Waals surface area contributed by atoms with E-state index >= 15 is 0 Å². The van der Waals surface area contributed by atoms with Gasteiger partial charge in [-0.2, -0.15) is 13.2 Å². The van der Waals surface area contributed by atoms with Crippen molar-refractivity contribution in [2.24, 2.45) is 11.7 Å². The first-order chi connectivity index (χ1) is 21.0. The standard InChI is InChI=1S/C32H28F4N2O5S/c1-3-42-30(40)25-19(23-10-7-15-44-23)16-22-26(28(25)39)24(17-11-13-18(33)14-12-17)27(31(41)43-4-2)29(37)38(22)21-9-6-5-8-20(21)32(34,35)36/h5-15,19,24-25H,3-4,16,37H2,1-2H3/t19-,24+,25-/m1/s1. The number of nitrogens with zero attached hydrogens (tertiary/aromatic N) is 1. The summed E-state index contributed by atoms with van der Waals surface area (Å²) in [6.07, 6.45) is -4.92. The molecule has 12 heteroatoms. The van der Waals surface area contributed by atoms with Gasteiger partial charge in [-0.15, -0.1) is 11.3 Å². The number of ether oxygens (including phenoxy) is 2. The molecule has 230 valence electrons. The molecule has 2 N–H and O–H groups in total. The van der Waals surface area contributed by atoms with Crippen LogP contribution in [0.2, 0.25) is 0 Å². The number of hydrogen-bond acceptors (Lipinski definition) is 8. The molecule has 1 aliphatic carbocycles. The van der Waals surface area contributed by atoms with Crippen molar-refractivity contribution in [3.05, 3.63) is 111 Å². The maximum atomic E-state index is 14.6. The summed E-state index contributed by atoms with van der Waals surface area (Å²) in [5, 5.41) is 1.76. The van der Waals surface area contributed by atoms with Crippen molar-refractivity contribution < 1.29 is 41.4 Å². The summed E-state index contributed by atoms with van der Waals surface area (Å²) in [6.45, 7) is 3.02. The molecule has 3 aromatic rings. The Bertz CT molecular complexity index is 1650. The quantitative estimate of drug-likeness (QED) is 0.183. The SMILES string of the molecule is CCOC(=O)C1=C(N)N(c2ccccc2C(F)(F)F)C2=C(C(=O)[C@H](C(=O)OCC)[C@@H](c3cccs3)C2)[C@@H]1c1ccc(F)cc1. The second-order valence-electron chi connectivity index (χ2n) is 10.1. The lowest BCUT2D eigenvalue weighted by Crippen LogP contribution is -2.46. The van der Waals surface area contributed by atoms with Crippen molar-refractivity contribution in [1.82, 2.24) is 0 Å². The summed E-state index contributed by atoms with van der Waals surface area (Å²) in [6, 6.07) is 13.1. The lowest BCUT2D eigenvalue weighted by molar-refractivity contribution is -0.152. The van der Waals surface area contributed by atoms with Crippen LogP contribution in [0.1, 0.15) is 48.1 Å². The van der Waals surface area contributed by atoms with Crippen LogP contribution in [0.4, 0.5) is 23.2 Å². The Kier molecular flexibility index (Phi) is 8.64. The van der Waals surface area contributed by atoms with Gasteiger partial charge in [0.2, 0.25) is 0 Å². The van der Waals surface area contributed by atoms with E-state index in [-0.39, 0.29) is 47.9 Å². The normalized spacial score (nSPS) is 20.5. The molecule has 0 bridgehead atoms. The molecule has 2 heterocycles. The van der Waals surface area contributed by atoms with Gasteiger partial charge in [-0.1, -0.05) is 30.3 Å². The number of benzene rings is 2. The van der Waals surface area contributed by atoms with Gasteiger partial charge >= 0.3 is 18.1 Å². The third kappa shape index (κ3) is 5.49. The third-order valence-corrected chi connectivity index (χ3v) is 8.64. The Labute approximate surface area is 254 Å². The van der Waals surface area contributed by atoms with Crippen LogP contribution in [-0.4, -0.2) is 30.9 Å². The highest BCUT2D eigenvalue weighted by Crippen LogP contribution is 2.53. The number of halogens is 4. The van der Waals surface area contributed by atoms with Crippen molar-refractivity contribution in [1.29, 1.82) is 0 Å². The Morgan fingerprint density at radius 1 is 1.00 bits per heavy atom. The second-order valence-corrected chi connectivity index (χ2v) is 11.1. The molecular weight excluding hydrogens is 600 g/mol.